The smallest absolute Gasteiger partial charge is 0.354 e. The zero-order chi connectivity index (χ0) is 27.7. The van der Waals surface area contributed by atoms with Crippen LogP contribution >= 0.6 is 0 Å². The summed E-state index contributed by atoms with van der Waals surface area (Å²) >= 11 is 0. The Kier molecular flexibility index (Phi) is 7.13. The van der Waals surface area contributed by atoms with Crippen LogP contribution in [0.5, 0.6) is 0 Å². The van der Waals surface area contributed by atoms with Crippen molar-refractivity contribution in [2.75, 3.05) is 5.32 Å². The Morgan fingerprint density at radius 3 is 2.26 bits per heavy atom. The molecule has 2 aromatic heterocycles. The molecule has 6 nitrogen and oxygen atoms in total. The van der Waals surface area contributed by atoms with Crippen LogP contribution in [0.2, 0.25) is 0 Å². The highest BCUT2D eigenvalue weighted by molar-refractivity contribution is 6.00. The van der Waals surface area contributed by atoms with Gasteiger partial charge in [-0.15, -0.1) is 0 Å². The molecule has 1 aromatic carbocycles. The lowest BCUT2D eigenvalue weighted by Gasteiger charge is -2.16. The predicted octanol–water partition coefficient (Wildman–Crippen LogP) is 6.07. The number of pyridine rings is 2. The quantitative estimate of drug-likeness (QED) is 0.268. The minimum atomic E-state index is -4.78. The van der Waals surface area contributed by atoms with Gasteiger partial charge < -0.3 is 10.6 Å². The number of hydrogen-bond donors (Lipinski definition) is 2. The second-order valence-electron chi connectivity index (χ2n) is 8.87. The number of alkyl halides is 6. The first-order valence-electron chi connectivity index (χ1n) is 11.2. The fourth-order valence-electron chi connectivity index (χ4n) is 3.77. The third kappa shape index (κ3) is 6.26. The summed E-state index contributed by atoms with van der Waals surface area (Å²) in [6.07, 6.45) is -6.08. The van der Waals surface area contributed by atoms with Crippen LogP contribution in [0.15, 0.2) is 55.0 Å². The van der Waals surface area contributed by atoms with Gasteiger partial charge in [-0.2, -0.15) is 26.3 Å². The Balaban J connectivity index is 1.35. The number of nitrogens with zero attached hydrogens (tertiary/aromatic N) is 2. The highest BCUT2D eigenvalue weighted by Gasteiger charge is 2.51. The molecule has 3 aromatic rings. The van der Waals surface area contributed by atoms with Crippen LogP contribution in [0.3, 0.4) is 0 Å². The van der Waals surface area contributed by atoms with E-state index in [0.29, 0.717) is 36.9 Å². The van der Waals surface area contributed by atoms with Crippen molar-refractivity contribution in [3.63, 3.8) is 0 Å². The number of amides is 1. The summed E-state index contributed by atoms with van der Waals surface area (Å²) < 4.78 is 91.5. The molecule has 1 aliphatic carbocycles. The maximum Gasteiger partial charge on any atom is 0.418 e. The molecule has 0 spiro atoms. The van der Waals surface area contributed by atoms with Crippen LogP contribution in [-0.4, -0.2) is 21.7 Å². The standard InChI is InChI=1S/C25H19F7N4O2/c26-16-1-4-20(19(8-16)25(30,31)32)36-18-3-2-17(34-13-18)12-35-22(38)23(5-6-23)9-21(37)14-7-15(11-33-10-14)24(27,28)29/h1-4,7-8,10-11,13,36H,5-6,9,12H2,(H,35,38). The highest BCUT2D eigenvalue weighted by Crippen LogP contribution is 2.49. The SMILES string of the molecule is O=C(CC1(C(=O)NCc2ccc(Nc3ccc(F)cc3C(F)(F)F)cn2)CC1)c1cncc(C(F)(F)F)c1. The topological polar surface area (TPSA) is 84.0 Å². The number of hydrogen-bond acceptors (Lipinski definition) is 5. The summed E-state index contributed by atoms with van der Waals surface area (Å²) in [7, 11) is 0. The third-order valence-corrected chi connectivity index (χ3v) is 6.04. The van der Waals surface area contributed by atoms with Crippen molar-refractivity contribution < 1.29 is 40.3 Å². The molecule has 200 valence electrons. The summed E-state index contributed by atoms with van der Waals surface area (Å²) in [5, 5.41) is 5.17. The fraction of sp³-hybridized carbons (Fsp3) is 0.280. The van der Waals surface area contributed by atoms with Gasteiger partial charge in [0, 0.05) is 24.4 Å². The van der Waals surface area contributed by atoms with E-state index < -0.39 is 46.4 Å². The number of anilines is 2. The van der Waals surface area contributed by atoms with Gasteiger partial charge >= 0.3 is 12.4 Å². The number of carbonyl (C=O) groups is 2. The lowest BCUT2D eigenvalue weighted by Crippen LogP contribution is -2.33. The van der Waals surface area contributed by atoms with Crippen LogP contribution in [0.4, 0.5) is 42.1 Å². The fourth-order valence-corrected chi connectivity index (χ4v) is 3.77. The van der Waals surface area contributed by atoms with Crippen molar-refractivity contribution in [2.45, 2.75) is 38.2 Å². The molecule has 2 N–H and O–H groups in total. The minimum absolute atomic E-state index is 0.0511. The first-order chi connectivity index (χ1) is 17.8. The Hall–Kier alpha value is -4.03. The molecule has 38 heavy (non-hydrogen) atoms. The molecule has 0 bridgehead atoms. The molecule has 1 aliphatic rings. The lowest BCUT2D eigenvalue weighted by molar-refractivity contribution is -0.138. The normalized spacial score (nSPS) is 14.6. The van der Waals surface area contributed by atoms with Gasteiger partial charge in [-0.25, -0.2) is 4.39 Å². The van der Waals surface area contributed by atoms with Crippen molar-refractivity contribution in [2.24, 2.45) is 5.41 Å². The molecule has 0 radical (unpaired) electrons. The van der Waals surface area contributed by atoms with Crippen LogP contribution in [0, 0.1) is 11.2 Å². The number of aromatic nitrogens is 2. The number of Topliss-reactive ketones (excluding diaryl/α,β-unsaturated/α-hetero) is 1. The maximum absolute atomic E-state index is 13.3. The van der Waals surface area contributed by atoms with Gasteiger partial charge in [0.15, 0.2) is 5.78 Å². The zero-order valence-electron chi connectivity index (χ0n) is 19.4. The molecule has 2 heterocycles. The van der Waals surface area contributed by atoms with E-state index in [1.807, 2.05) is 0 Å². The van der Waals surface area contributed by atoms with E-state index in [9.17, 15) is 40.3 Å². The molecule has 1 fully saturated rings. The van der Waals surface area contributed by atoms with Crippen LogP contribution < -0.4 is 10.6 Å². The summed E-state index contributed by atoms with van der Waals surface area (Å²) in [4.78, 5) is 32.8. The van der Waals surface area contributed by atoms with Crippen LogP contribution in [0.1, 0.15) is 46.4 Å². The number of benzene rings is 1. The highest BCUT2D eigenvalue weighted by atomic mass is 19.4. The number of halogens is 7. The second kappa shape index (κ2) is 10.0. The molecule has 0 unspecified atom stereocenters. The average Bonchev–Trinajstić information content (AvgIpc) is 3.64. The van der Waals surface area contributed by atoms with Gasteiger partial charge in [-0.1, -0.05) is 0 Å². The molecular weight excluding hydrogens is 521 g/mol. The van der Waals surface area contributed by atoms with Gasteiger partial charge in [-0.3, -0.25) is 19.6 Å². The van der Waals surface area contributed by atoms with E-state index >= 15 is 0 Å². The first kappa shape index (κ1) is 27.0. The van der Waals surface area contributed by atoms with Crippen LogP contribution in [-0.2, 0) is 23.7 Å². The molecular formula is C25H19F7N4O2. The summed E-state index contributed by atoms with van der Waals surface area (Å²) in [6, 6.07) is 5.80. The predicted molar refractivity (Wildman–Crippen MR) is 121 cm³/mol. The van der Waals surface area contributed by atoms with Crippen molar-refractivity contribution in [3.05, 3.63) is 83.2 Å². The van der Waals surface area contributed by atoms with Crippen LogP contribution in [0.25, 0.3) is 0 Å². The minimum Gasteiger partial charge on any atom is -0.354 e. The average molecular weight is 540 g/mol. The number of carbonyl (C=O) groups excluding carboxylic acids is 2. The van der Waals surface area contributed by atoms with Gasteiger partial charge in [0.2, 0.25) is 5.91 Å². The summed E-state index contributed by atoms with van der Waals surface area (Å²) in [6.45, 7) is -0.0511. The zero-order valence-corrected chi connectivity index (χ0v) is 19.4. The number of rotatable bonds is 8. The maximum atomic E-state index is 13.3. The van der Waals surface area contributed by atoms with Crippen molar-refractivity contribution >= 4 is 23.1 Å². The molecule has 0 saturated heterocycles. The van der Waals surface area contributed by atoms with Crippen molar-refractivity contribution in [1.29, 1.82) is 0 Å². The molecule has 0 aliphatic heterocycles. The third-order valence-electron chi connectivity index (χ3n) is 6.04. The van der Waals surface area contributed by atoms with E-state index in [2.05, 4.69) is 20.6 Å². The Morgan fingerprint density at radius 1 is 0.921 bits per heavy atom. The van der Waals surface area contributed by atoms with Crippen molar-refractivity contribution in [1.82, 2.24) is 15.3 Å². The van der Waals surface area contributed by atoms with Gasteiger partial charge in [0.25, 0.3) is 0 Å². The molecule has 1 amide bonds. The van der Waals surface area contributed by atoms with E-state index in [-0.39, 0.29) is 29.9 Å². The number of nitrogens with one attached hydrogen (secondary N) is 2. The Labute approximate surface area is 211 Å². The second-order valence-corrected chi connectivity index (χ2v) is 8.87. The van der Waals surface area contributed by atoms with Gasteiger partial charge in [0.1, 0.15) is 5.82 Å². The van der Waals surface area contributed by atoms with Gasteiger partial charge in [-0.05, 0) is 49.2 Å². The summed E-state index contributed by atoms with van der Waals surface area (Å²) in [5.74, 6) is -2.13. The Morgan fingerprint density at radius 2 is 1.66 bits per heavy atom. The van der Waals surface area contributed by atoms with E-state index in [0.717, 1.165) is 18.3 Å². The van der Waals surface area contributed by atoms with E-state index in [4.69, 9.17) is 0 Å². The van der Waals surface area contributed by atoms with E-state index in [1.54, 1.807) is 0 Å². The lowest BCUT2D eigenvalue weighted by atomic mass is 9.95. The summed E-state index contributed by atoms with van der Waals surface area (Å²) in [5.41, 5.74) is -3.32. The molecule has 1 saturated carbocycles. The van der Waals surface area contributed by atoms with Gasteiger partial charge in [0.05, 0.1) is 46.4 Å². The molecule has 0 atom stereocenters. The largest absolute Gasteiger partial charge is 0.418 e. The molecule has 13 heteroatoms. The van der Waals surface area contributed by atoms with E-state index in [1.165, 1.54) is 18.3 Å². The number of ketones is 1. The molecule has 4 rings (SSSR count). The Bertz CT molecular complexity index is 1350. The van der Waals surface area contributed by atoms with Crippen molar-refractivity contribution in [3.8, 4) is 0 Å². The first-order valence-corrected chi connectivity index (χ1v) is 11.2. The monoisotopic (exact) mass is 540 g/mol.